The molecular weight excluding hydrogens is 204 g/mol. The average Bonchev–Trinajstić information content (AvgIpc) is 2.46. The van der Waals surface area contributed by atoms with Crippen LogP contribution in [0.5, 0.6) is 0 Å². The summed E-state index contributed by atoms with van der Waals surface area (Å²) in [5.41, 5.74) is 3.80. The number of aryl methyl sites for hydroxylation is 3. The fraction of sp³-hybridized carbons (Fsp3) is 0.417. The fourth-order valence-corrected chi connectivity index (χ4v) is 2.96. The third-order valence-electron chi connectivity index (χ3n) is 2.58. The minimum Gasteiger partial charge on any atom is -0.317 e. The summed E-state index contributed by atoms with van der Waals surface area (Å²) in [5.74, 6) is 0. The Hall–Kier alpha value is -1.09. The van der Waals surface area contributed by atoms with E-state index in [0.717, 1.165) is 13.0 Å². The third kappa shape index (κ3) is 1.72. The van der Waals surface area contributed by atoms with Crippen LogP contribution in [-0.4, -0.2) is 4.57 Å². The highest BCUT2D eigenvalue weighted by atomic mass is 32.1. The molecule has 0 saturated heterocycles. The Morgan fingerprint density at radius 1 is 1.33 bits per heavy atom. The summed E-state index contributed by atoms with van der Waals surface area (Å²) in [4.78, 5) is 0.667. The van der Waals surface area contributed by atoms with Crippen molar-refractivity contribution in [1.29, 1.82) is 5.41 Å². The van der Waals surface area contributed by atoms with Crippen LogP contribution in [0.25, 0.3) is 10.2 Å². The van der Waals surface area contributed by atoms with Gasteiger partial charge in [-0.3, -0.25) is 5.41 Å². The van der Waals surface area contributed by atoms with Gasteiger partial charge in [-0.2, -0.15) is 0 Å². The van der Waals surface area contributed by atoms with Gasteiger partial charge in [0.2, 0.25) is 0 Å². The monoisotopic (exact) mass is 220 g/mol. The molecule has 2 aromatic rings. The van der Waals surface area contributed by atoms with E-state index in [1.54, 1.807) is 11.3 Å². The first kappa shape index (κ1) is 10.4. The Labute approximate surface area is 93.7 Å². The molecule has 2 rings (SSSR count). The van der Waals surface area contributed by atoms with Crippen LogP contribution >= 0.6 is 11.3 Å². The van der Waals surface area contributed by atoms with Crippen molar-refractivity contribution in [2.75, 3.05) is 0 Å². The zero-order valence-electron chi connectivity index (χ0n) is 9.42. The molecule has 0 unspecified atom stereocenters. The smallest absolute Gasteiger partial charge is 0.182 e. The molecule has 80 valence electrons. The summed E-state index contributed by atoms with van der Waals surface area (Å²) in [6.07, 6.45) is 1.08. The van der Waals surface area contributed by atoms with E-state index in [2.05, 4.69) is 37.5 Å². The van der Waals surface area contributed by atoms with Gasteiger partial charge in [0.05, 0.1) is 10.2 Å². The van der Waals surface area contributed by atoms with E-state index in [-0.39, 0.29) is 0 Å². The van der Waals surface area contributed by atoms with Gasteiger partial charge in [-0.1, -0.05) is 24.3 Å². The molecular formula is C12H16N2S. The number of benzene rings is 1. The van der Waals surface area contributed by atoms with E-state index in [1.807, 2.05) is 0 Å². The number of rotatable bonds is 2. The van der Waals surface area contributed by atoms with Gasteiger partial charge in [-0.25, -0.2) is 0 Å². The van der Waals surface area contributed by atoms with Crippen molar-refractivity contribution < 1.29 is 0 Å². The maximum absolute atomic E-state index is 7.95. The van der Waals surface area contributed by atoms with Gasteiger partial charge in [-0.15, -0.1) is 0 Å². The number of nitrogens with one attached hydrogen (secondary N) is 1. The lowest BCUT2D eigenvalue weighted by Gasteiger charge is -2.04. The SMILES string of the molecule is CCCn1c(=N)sc2c(C)cc(C)cc21. The van der Waals surface area contributed by atoms with Crippen molar-refractivity contribution in [2.45, 2.75) is 33.7 Å². The van der Waals surface area contributed by atoms with Crippen LogP contribution in [0, 0.1) is 19.3 Å². The van der Waals surface area contributed by atoms with E-state index < -0.39 is 0 Å². The summed E-state index contributed by atoms with van der Waals surface area (Å²) in [6.45, 7) is 7.34. The predicted molar refractivity (Wildman–Crippen MR) is 65.4 cm³/mol. The number of nitrogens with zero attached hydrogens (tertiary/aromatic N) is 1. The topological polar surface area (TPSA) is 28.8 Å². The normalized spacial score (nSPS) is 11.1. The molecule has 3 heteroatoms. The molecule has 0 aliphatic carbocycles. The number of hydrogen-bond acceptors (Lipinski definition) is 2. The van der Waals surface area contributed by atoms with Gasteiger partial charge in [0.25, 0.3) is 0 Å². The molecule has 2 nitrogen and oxygen atoms in total. The van der Waals surface area contributed by atoms with E-state index >= 15 is 0 Å². The van der Waals surface area contributed by atoms with Crippen molar-refractivity contribution in [2.24, 2.45) is 0 Å². The first-order valence-corrected chi connectivity index (χ1v) is 6.10. The molecule has 1 aromatic carbocycles. The van der Waals surface area contributed by atoms with Crippen LogP contribution in [0.1, 0.15) is 24.5 Å². The maximum Gasteiger partial charge on any atom is 0.182 e. The van der Waals surface area contributed by atoms with Gasteiger partial charge in [-0.05, 0) is 37.5 Å². The van der Waals surface area contributed by atoms with Gasteiger partial charge >= 0.3 is 0 Å². The summed E-state index contributed by atoms with van der Waals surface area (Å²) in [5, 5.41) is 7.95. The second kappa shape index (κ2) is 3.81. The highest BCUT2D eigenvalue weighted by Gasteiger charge is 2.07. The second-order valence-corrected chi connectivity index (χ2v) is 4.99. The van der Waals surface area contributed by atoms with Crippen molar-refractivity contribution in [3.05, 3.63) is 28.1 Å². The first-order chi connectivity index (χ1) is 7.13. The first-order valence-electron chi connectivity index (χ1n) is 5.28. The molecule has 0 saturated carbocycles. The molecule has 1 aromatic heterocycles. The van der Waals surface area contributed by atoms with Crippen LogP contribution in [0.2, 0.25) is 0 Å². The molecule has 0 spiro atoms. The van der Waals surface area contributed by atoms with Crippen molar-refractivity contribution in [3.63, 3.8) is 0 Å². The van der Waals surface area contributed by atoms with Gasteiger partial charge in [0.15, 0.2) is 4.80 Å². The molecule has 0 radical (unpaired) electrons. The van der Waals surface area contributed by atoms with Crippen molar-refractivity contribution in [3.8, 4) is 0 Å². The van der Waals surface area contributed by atoms with Crippen LogP contribution in [0.15, 0.2) is 12.1 Å². The summed E-state index contributed by atoms with van der Waals surface area (Å²) < 4.78 is 3.37. The minimum atomic E-state index is 0.667. The molecule has 0 aliphatic heterocycles. The predicted octanol–water partition coefficient (Wildman–Crippen LogP) is 3.21. The minimum absolute atomic E-state index is 0.667. The molecule has 1 heterocycles. The lowest BCUT2D eigenvalue weighted by Crippen LogP contribution is -2.12. The van der Waals surface area contributed by atoms with Gasteiger partial charge in [0.1, 0.15) is 0 Å². The molecule has 15 heavy (non-hydrogen) atoms. The molecule has 0 bridgehead atoms. The van der Waals surface area contributed by atoms with E-state index in [9.17, 15) is 0 Å². The zero-order valence-corrected chi connectivity index (χ0v) is 10.2. The number of hydrogen-bond donors (Lipinski definition) is 1. The van der Waals surface area contributed by atoms with Crippen LogP contribution < -0.4 is 4.80 Å². The van der Waals surface area contributed by atoms with Crippen LogP contribution in [0.4, 0.5) is 0 Å². The number of thiazole rings is 1. The third-order valence-corrected chi connectivity index (χ3v) is 3.73. The van der Waals surface area contributed by atoms with Gasteiger partial charge < -0.3 is 4.57 Å². The Kier molecular flexibility index (Phi) is 2.65. The van der Waals surface area contributed by atoms with Crippen LogP contribution in [0.3, 0.4) is 0 Å². The molecule has 0 amide bonds. The van der Waals surface area contributed by atoms with E-state index in [4.69, 9.17) is 5.41 Å². The second-order valence-electron chi connectivity index (χ2n) is 3.99. The Morgan fingerprint density at radius 3 is 2.73 bits per heavy atom. The summed E-state index contributed by atoms with van der Waals surface area (Å²) >= 11 is 1.58. The molecule has 1 N–H and O–H groups in total. The lowest BCUT2D eigenvalue weighted by molar-refractivity contribution is 0.676. The fourth-order valence-electron chi connectivity index (χ4n) is 1.97. The quantitative estimate of drug-likeness (QED) is 0.805. The van der Waals surface area contributed by atoms with Crippen LogP contribution in [-0.2, 0) is 6.54 Å². The Balaban J connectivity index is 2.80. The molecule has 0 atom stereocenters. The zero-order chi connectivity index (χ0) is 11.0. The largest absolute Gasteiger partial charge is 0.317 e. The van der Waals surface area contributed by atoms with Crippen molar-refractivity contribution in [1.82, 2.24) is 4.57 Å². The highest BCUT2D eigenvalue weighted by molar-refractivity contribution is 7.16. The molecule has 0 fully saturated rings. The Bertz CT molecular complexity index is 548. The molecule has 0 aliphatic rings. The van der Waals surface area contributed by atoms with E-state index in [0.29, 0.717) is 4.80 Å². The maximum atomic E-state index is 7.95. The number of aromatic nitrogens is 1. The standard InChI is InChI=1S/C12H16N2S/c1-4-5-14-10-7-8(2)6-9(3)11(10)15-12(14)13/h6-7,13H,4-5H2,1-3H3. The van der Waals surface area contributed by atoms with Crippen molar-refractivity contribution >= 4 is 21.6 Å². The lowest BCUT2D eigenvalue weighted by atomic mass is 10.1. The van der Waals surface area contributed by atoms with E-state index in [1.165, 1.54) is 21.3 Å². The Morgan fingerprint density at radius 2 is 2.07 bits per heavy atom. The van der Waals surface area contributed by atoms with Gasteiger partial charge in [0, 0.05) is 6.54 Å². The highest BCUT2D eigenvalue weighted by Crippen LogP contribution is 2.23. The summed E-state index contributed by atoms with van der Waals surface area (Å²) in [7, 11) is 0. The number of fused-ring (bicyclic) bond motifs is 1. The summed E-state index contributed by atoms with van der Waals surface area (Å²) in [6, 6.07) is 4.38. The average molecular weight is 220 g/mol.